The second kappa shape index (κ2) is 11.0. The molecular weight excluding hydrogens is 452 g/mol. The lowest BCUT2D eigenvalue weighted by Crippen LogP contribution is -2.27. The third kappa shape index (κ3) is 5.77. The normalized spacial score (nSPS) is 14.7. The van der Waals surface area contributed by atoms with E-state index >= 15 is 0 Å². The van der Waals surface area contributed by atoms with Crippen LogP contribution in [-0.4, -0.2) is 46.4 Å². The molecule has 1 heterocycles. The number of benzene rings is 2. The minimum absolute atomic E-state index is 0.00643. The van der Waals surface area contributed by atoms with Gasteiger partial charge in [0, 0.05) is 18.7 Å². The van der Waals surface area contributed by atoms with Crippen LogP contribution in [-0.2, 0) is 4.79 Å². The average Bonchev–Trinajstić information content (AvgIpc) is 3.05. The summed E-state index contributed by atoms with van der Waals surface area (Å²) >= 11 is 6.54. The summed E-state index contributed by atoms with van der Waals surface area (Å²) in [6.07, 6.45) is 1.79. The Hall–Kier alpha value is -3.11. The Bertz CT molecular complexity index is 1040. The molecule has 1 amide bonds. The topological polar surface area (TPSA) is 91.1 Å². The molecule has 0 spiro atoms. The van der Waals surface area contributed by atoms with Crippen LogP contribution in [0, 0.1) is 10.1 Å². The molecule has 0 N–H and O–H groups in total. The molecule has 0 radical (unpaired) electrons. The van der Waals surface area contributed by atoms with E-state index in [0.29, 0.717) is 39.6 Å². The molecule has 0 aliphatic carbocycles. The van der Waals surface area contributed by atoms with Gasteiger partial charge in [-0.05, 0) is 49.8 Å². The van der Waals surface area contributed by atoms with Crippen molar-refractivity contribution < 1.29 is 23.9 Å². The summed E-state index contributed by atoms with van der Waals surface area (Å²) in [5.41, 5.74) is 0.812. The number of nitro benzene ring substituents is 1. The summed E-state index contributed by atoms with van der Waals surface area (Å²) in [5, 5.41) is 10.7. The summed E-state index contributed by atoms with van der Waals surface area (Å²) in [6.45, 7) is 5.27. The predicted molar refractivity (Wildman–Crippen MR) is 127 cm³/mol. The first kappa shape index (κ1) is 23.6. The fraction of sp³-hybridized carbons (Fsp3) is 0.273. The molecule has 3 rings (SSSR count). The van der Waals surface area contributed by atoms with Gasteiger partial charge in [-0.1, -0.05) is 30.0 Å². The van der Waals surface area contributed by atoms with Crippen LogP contribution in [0.5, 0.6) is 17.2 Å². The number of thioether (sulfide) groups is 1. The zero-order valence-corrected chi connectivity index (χ0v) is 19.2. The smallest absolute Gasteiger partial charge is 0.269 e. The summed E-state index contributed by atoms with van der Waals surface area (Å²) in [4.78, 5) is 24.8. The number of hydrogen-bond acceptors (Lipinski definition) is 8. The molecule has 0 aromatic heterocycles. The number of likely N-dealkylation sites (N-methyl/N-ethyl adjacent to an activating group) is 1. The largest absolute Gasteiger partial charge is 0.490 e. The van der Waals surface area contributed by atoms with Crippen LogP contribution in [0.15, 0.2) is 47.4 Å². The van der Waals surface area contributed by atoms with Crippen molar-refractivity contribution >= 4 is 46.0 Å². The molecule has 0 atom stereocenters. The van der Waals surface area contributed by atoms with Gasteiger partial charge in [0.1, 0.15) is 23.3 Å². The van der Waals surface area contributed by atoms with Gasteiger partial charge in [0.2, 0.25) is 0 Å². The van der Waals surface area contributed by atoms with Gasteiger partial charge >= 0.3 is 0 Å². The molecule has 0 bridgehead atoms. The molecule has 1 saturated heterocycles. The fourth-order valence-electron chi connectivity index (χ4n) is 2.90. The van der Waals surface area contributed by atoms with Gasteiger partial charge < -0.3 is 14.2 Å². The molecule has 0 unspecified atom stereocenters. The lowest BCUT2D eigenvalue weighted by molar-refractivity contribution is -0.384. The van der Waals surface area contributed by atoms with Crippen molar-refractivity contribution in [3.05, 3.63) is 63.0 Å². The summed E-state index contributed by atoms with van der Waals surface area (Å²) in [6, 6.07) is 11.3. The van der Waals surface area contributed by atoms with Crippen molar-refractivity contribution in [2.75, 3.05) is 26.4 Å². The van der Waals surface area contributed by atoms with Gasteiger partial charge in [0.25, 0.3) is 11.6 Å². The number of non-ortho nitro benzene ring substituents is 1. The van der Waals surface area contributed by atoms with Gasteiger partial charge in [0.05, 0.1) is 16.4 Å². The minimum Gasteiger partial charge on any atom is -0.490 e. The zero-order valence-electron chi connectivity index (χ0n) is 17.6. The van der Waals surface area contributed by atoms with Gasteiger partial charge in [-0.3, -0.25) is 19.8 Å². The van der Waals surface area contributed by atoms with Crippen molar-refractivity contribution in [3.8, 4) is 17.2 Å². The third-order valence-electron chi connectivity index (χ3n) is 4.41. The first-order chi connectivity index (χ1) is 15.4. The second-order valence-electron chi connectivity index (χ2n) is 6.51. The van der Waals surface area contributed by atoms with E-state index in [1.807, 2.05) is 26.0 Å². The highest BCUT2D eigenvalue weighted by atomic mass is 32.2. The Labute approximate surface area is 195 Å². The van der Waals surface area contributed by atoms with E-state index in [1.54, 1.807) is 29.2 Å². The Morgan fingerprint density at radius 3 is 2.41 bits per heavy atom. The Morgan fingerprint density at radius 1 is 1.06 bits per heavy atom. The van der Waals surface area contributed by atoms with E-state index in [0.717, 1.165) is 5.56 Å². The van der Waals surface area contributed by atoms with Crippen molar-refractivity contribution in [1.82, 2.24) is 4.90 Å². The highest BCUT2D eigenvalue weighted by molar-refractivity contribution is 8.26. The fourth-order valence-corrected chi connectivity index (χ4v) is 4.29. The first-order valence-electron chi connectivity index (χ1n) is 9.95. The maximum Gasteiger partial charge on any atom is 0.269 e. The van der Waals surface area contributed by atoms with E-state index in [4.69, 9.17) is 26.4 Å². The summed E-state index contributed by atoms with van der Waals surface area (Å²) < 4.78 is 17.6. The van der Waals surface area contributed by atoms with Crippen LogP contribution < -0.4 is 14.2 Å². The Kier molecular flexibility index (Phi) is 8.07. The average molecular weight is 475 g/mol. The SMILES string of the molecule is CCOc1cc(/C=C2/SC(=S)N(CC)C2=O)ccc1OCCOc1ccc([N+](=O)[O-])cc1. The quantitative estimate of drug-likeness (QED) is 0.161. The molecular formula is C22H22N2O6S2. The Morgan fingerprint density at radius 2 is 1.78 bits per heavy atom. The lowest BCUT2D eigenvalue weighted by atomic mass is 10.2. The van der Waals surface area contributed by atoms with Gasteiger partial charge in [-0.2, -0.15) is 0 Å². The molecule has 10 heteroatoms. The molecule has 1 aliphatic heterocycles. The third-order valence-corrected chi connectivity index (χ3v) is 5.79. The maximum atomic E-state index is 12.4. The predicted octanol–water partition coefficient (Wildman–Crippen LogP) is 4.67. The van der Waals surface area contributed by atoms with Crippen molar-refractivity contribution in [3.63, 3.8) is 0 Å². The summed E-state index contributed by atoms with van der Waals surface area (Å²) in [5.74, 6) is 1.54. The highest BCUT2D eigenvalue weighted by Crippen LogP contribution is 2.34. The number of carbonyl (C=O) groups excluding carboxylic acids is 1. The number of amides is 1. The maximum absolute atomic E-state index is 12.4. The van der Waals surface area contributed by atoms with E-state index in [-0.39, 0.29) is 24.8 Å². The molecule has 8 nitrogen and oxygen atoms in total. The van der Waals surface area contributed by atoms with Gasteiger partial charge in [-0.25, -0.2) is 0 Å². The zero-order chi connectivity index (χ0) is 23.1. The number of carbonyl (C=O) groups is 1. The molecule has 1 aliphatic rings. The van der Waals surface area contributed by atoms with Crippen molar-refractivity contribution in [2.45, 2.75) is 13.8 Å². The lowest BCUT2D eigenvalue weighted by Gasteiger charge is -2.13. The van der Waals surface area contributed by atoms with E-state index in [9.17, 15) is 14.9 Å². The van der Waals surface area contributed by atoms with Crippen LogP contribution in [0.4, 0.5) is 5.69 Å². The molecule has 32 heavy (non-hydrogen) atoms. The van der Waals surface area contributed by atoms with Crippen molar-refractivity contribution in [1.29, 1.82) is 0 Å². The molecule has 2 aromatic carbocycles. The van der Waals surface area contributed by atoms with Crippen LogP contribution in [0.25, 0.3) is 6.08 Å². The molecule has 2 aromatic rings. The minimum atomic E-state index is -0.461. The number of hydrogen-bond donors (Lipinski definition) is 0. The van der Waals surface area contributed by atoms with Gasteiger partial charge in [0.15, 0.2) is 11.5 Å². The standard InChI is InChI=1S/C22H22N2O6S2/c1-3-23-21(25)20(32-22(23)31)14-15-5-10-18(19(13-15)28-4-2)30-12-11-29-17-8-6-16(7-9-17)24(26)27/h5-10,13-14H,3-4,11-12H2,1-2H3/b20-14+. The van der Waals surface area contributed by atoms with Gasteiger partial charge in [-0.15, -0.1) is 0 Å². The highest BCUT2D eigenvalue weighted by Gasteiger charge is 2.30. The molecule has 168 valence electrons. The van der Waals surface area contributed by atoms with E-state index < -0.39 is 4.92 Å². The monoisotopic (exact) mass is 474 g/mol. The van der Waals surface area contributed by atoms with E-state index in [2.05, 4.69) is 0 Å². The second-order valence-corrected chi connectivity index (χ2v) is 8.19. The van der Waals surface area contributed by atoms with E-state index in [1.165, 1.54) is 23.9 Å². The van der Waals surface area contributed by atoms with Crippen LogP contribution in [0.3, 0.4) is 0 Å². The Balaban J connectivity index is 1.62. The number of thiocarbonyl (C=S) groups is 1. The molecule has 0 saturated carbocycles. The summed E-state index contributed by atoms with van der Waals surface area (Å²) in [7, 11) is 0. The first-order valence-corrected chi connectivity index (χ1v) is 11.2. The van der Waals surface area contributed by atoms with Crippen LogP contribution in [0.1, 0.15) is 19.4 Å². The number of ether oxygens (including phenoxy) is 3. The number of nitrogens with zero attached hydrogens (tertiary/aromatic N) is 2. The number of nitro groups is 1. The van der Waals surface area contributed by atoms with Crippen molar-refractivity contribution in [2.24, 2.45) is 0 Å². The molecule has 1 fully saturated rings. The van der Waals surface area contributed by atoms with Crippen LogP contribution >= 0.6 is 24.0 Å². The van der Waals surface area contributed by atoms with Crippen LogP contribution in [0.2, 0.25) is 0 Å². The number of rotatable bonds is 10.